The molecule has 0 aromatic carbocycles. The van der Waals surface area contributed by atoms with Gasteiger partial charge in [-0.3, -0.25) is 0 Å². The largest absolute Gasteiger partial charge is 0.458 e. The molecule has 0 aromatic rings. The number of fused-ring (bicyclic) bond motifs is 4. The molecule has 4 aliphatic heterocycles. The summed E-state index contributed by atoms with van der Waals surface area (Å²) in [5, 5.41) is 11.4. The maximum atomic E-state index is 12.1. The summed E-state index contributed by atoms with van der Waals surface area (Å²) in [6.07, 6.45) is 1.71. The third-order valence-electron chi connectivity index (χ3n) is 9.10. The molecule has 6 heteroatoms. The molecule has 0 radical (unpaired) electrons. The van der Waals surface area contributed by atoms with E-state index in [4.69, 9.17) is 18.9 Å². The predicted octanol–water partition coefficient (Wildman–Crippen LogP) is 1.10. The summed E-state index contributed by atoms with van der Waals surface area (Å²) in [7, 11) is 0. The summed E-state index contributed by atoms with van der Waals surface area (Å²) in [6.45, 7) is 6.91. The summed E-state index contributed by atoms with van der Waals surface area (Å²) in [5.74, 6) is 0.297. The Labute approximate surface area is 151 Å². The van der Waals surface area contributed by atoms with Gasteiger partial charge in [0.05, 0.1) is 6.10 Å². The average Bonchev–Trinajstić information content (AvgIpc) is 3.47. The summed E-state index contributed by atoms with van der Waals surface area (Å²) in [5.41, 5.74) is 0.230. The van der Waals surface area contributed by atoms with Crippen LogP contribution in [0, 0.1) is 17.3 Å². The third-order valence-corrected chi connectivity index (χ3v) is 9.10. The van der Waals surface area contributed by atoms with Gasteiger partial charge in [0.15, 0.2) is 5.60 Å². The van der Waals surface area contributed by atoms with E-state index in [0.29, 0.717) is 6.61 Å². The zero-order valence-corrected chi connectivity index (χ0v) is 15.3. The maximum Gasteiger partial charge on any atom is 0.334 e. The number of carbonyl (C=O) groups is 1. The van der Waals surface area contributed by atoms with Crippen LogP contribution in [0.1, 0.15) is 40.0 Å². The van der Waals surface area contributed by atoms with E-state index >= 15 is 0 Å². The van der Waals surface area contributed by atoms with Crippen molar-refractivity contribution in [1.82, 2.24) is 0 Å². The second kappa shape index (κ2) is 3.79. The molecule has 9 atom stereocenters. The molecule has 2 spiro atoms. The summed E-state index contributed by atoms with van der Waals surface area (Å²) >= 11 is 0. The number of epoxide rings is 3. The van der Waals surface area contributed by atoms with Gasteiger partial charge in [0.1, 0.15) is 36.1 Å². The molecule has 0 amide bonds. The molecule has 4 heterocycles. The molecule has 26 heavy (non-hydrogen) atoms. The molecule has 0 aromatic heterocycles. The van der Waals surface area contributed by atoms with Crippen LogP contribution >= 0.6 is 0 Å². The lowest BCUT2D eigenvalue weighted by atomic mass is 9.46. The Kier molecular flexibility index (Phi) is 2.19. The van der Waals surface area contributed by atoms with E-state index in [2.05, 4.69) is 20.8 Å². The van der Waals surface area contributed by atoms with Crippen molar-refractivity contribution in [3.8, 4) is 0 Å². The van der Waals surface area contributed by atoms with Gasteiger partial charge in [-0.05, 0) is 36.7 Å². The van der Waals surface area contributed by atoms with Gasteiger partial charge in [0, 0.05) is 11.0 Å². The van der Waals surface area contributed by atoms with E-state index in [-0.39, 0.29) is 41.5 Å². The monoisotopic (exact) mass is 360 g/mol. The number of ether oxygens (including phenoxy) is 4. The zero-order valence-electron chi connectivity index (χ0n) is 15.3. The highest BCUT2D eigenvalue weighted by atomic mass is 16.7. The molecule has 5 fully saturated rings. The van der Waals surface area contributed by atoms with Crippen LogP contribution < -0.4 is 0 Å². The van der Waals surface area contributed by atoms with Crippen molar-refractivity contribution in [3.05, 3.63) is 11.1 Å². The molecule has 3 saturated heterocycles. The topological polar surface area (TPSA) is 84.1 Å². The Morgan fingerprint density at radius 3 is 2.77 bits per heavy atom. The first-order valence-corrected chi connectivity index (χ1v) is 9.95. The van der Waals surface area contributed by atoms with Crippen molar-refractivity contribution < 1.29 is 28.8 Å². The number of aliphatic hydroxyl groups excluding tert-OH is 1. The fourth-order valence-corrected chi connectivity index (χ4v) is 7.70. The lowest BCUT2D eigenvalue weighted by Crippen LogP contribution is -2.69. The minimum absolute atomic E-state index is 0.00808. The number of cyclic esters (lactones) is 1. The van der Waals surface area contributed by atoms with Crippen LogP contribution in [-0.4, -0.2) is 58.9 Å². The SMILES string of the molecule is CC(C)[C@]12O[C@H]1[C@H]1O[C@@]13[C@@]1(O[C@H]1C[C@H]1C4=C(CC[C@]13C)C(=O)OC4)[C@H]2O. The van der Waals surface area contributed by atoms with E-state index in [0.717, 1.165) is 30.4 Å². The quantitative estimate of drug-likeness (QED) is 0.557. The Morgan fingerprint density at radius 1 is 1.19 bits per heavy atom. The fourth-order valence-electron chi connectivity index (χ4n) is 7.70. The van der Waals surface area contributed by atoms with Crippen LogP contribution in [0.15, 0.2) is 11.1 Å². The summed E-state index contributed by atoms with van der Waals surface area (Å²) < 4.78 is 24.3. The second-order valence-electron chi connectivity index (χ2n) is 9.91. The summed E-state index contributed by atoms with van der Waals surface area (Å²) in [4.78, 5) is 12.1. The minimum atomic E-state index is -0.654. The lowest BCUT2D eigenvalue weighted by Gasteiger charge is -2.53. The molecule has 7 rings (SSSR count). The van der Waals surface area contributed by atoms with Gasteiger partial charge in [-0.15, -0.1) is 0 Å². The van der Waals surface area contributed by atoms with E-state index in [9.17, 15) is 9.90 Å². The third kappa shape index (κ3) is 1.14. The minimum Gasteiger partial charge on any atom is -0.458 e. The van der Waals surface area contributed by atoms with Crippen molar-refractivity contribution in [1.29, 1.82) is 0 Å². The van der Waals surface area contributed by atoms with E-state index in [1.165, 1.54) is 0 Å². The van der Waals surface area contributed by atoms with Crippen molar-refractivity contribution in [2.75, 3.05) is 6.61 Å². The molecule has 0 bridgehead atoms. The first kappa shape index (κ1) is 15.0. The van der Waals surface area contributed by atoms with Crippen LogP contribution in [0.25, 0.3) is 0 Å². The molecular formula is C20H24O6. The Morgan fingerprint density at radius 2 is 2.00 bits per heavy atom. The number of carbonyl (C=O) groups excluding carboxylic acids is 1. The lowest BCUT2D eigenvalue weighted by molar-refractivity contribution is -0.136. The Hall–Kier alpha value is -0.950. The van der Waals surface area contributed by atoms with Gasteiger partial charge in [0.25, 0.3) is 0 Å². The van der Waals surface area contributed by atoms with Crippen LogP contribution in [0.5, 0.6) is 0 Å². The van der Waals surface area contributed by atoms with Crippen molar-refractivity contribution in [2.24, 2.45) is 17.3 Å². The molecule has 1 N–H and O–H groups in total. The molecule has 3 aliphatic carbocycles. The van der Waals surface area contributed by atoms with Crippen molar-refractivity contribution in [2.45, 2.75) is 81.3 Å². The molecule has 0 unspecified atom stereocenters. The predicted molar refractivity (Wildman–Crippen MR) is 87.1 cm³/mol. The average molecular weight is 360 g/mol. The van der Waals surface area contributed by atoms with Crippen LogP contribution in [0.3, 0.4) is 0 Å². The standard InChI is InChI=1S/C20H24O6/c1-8(2)18-13(25-18)14-20(26-14)17(3)5-4-9-10(7-23-15(9)21)11(17)6-12-19(20,24-12)16(18)22/h8,11-14,16,22H,4-7H2,1-3H3/t11-,12-,13-,14+,16-,17+,18-,19-,20-/m0/s1. The maximum absolute atomic E-state index is 12.1. The number of esters is 1. The highest BCUT2D eigenvalue weighted by Crippen LogP contribution is 2.82. The van der Waals surface area contributed by atoms with Crippen LogP contribution in [0.2, 0.25) is 0 Å². The van der Waals surface area contributed by atoms with Gasteiger partial charge in [-0.25, -0.2) is 4.79 Å². The zero-order chi connectivity index (χ0) is 17.9. The molecule has 140 valence electrons. The van der Waals surface area contributed by atoms with Crippen LogP contribution in [-0.2, 0) is 23.7 Å². The van der Waals surface area contributed by atoms with Gasteiger partial charge in [-0.1, -0.05) is 20.8 Å². The number of aliphatic hydroxyl groups is 1. The summed E-state index contributed by atoms with van der Waals surface area (Å²) in [6, 6.07) is 0. The van der Waals surface area contributed by atoms with Crippen LogP contribution in [0.4, 0.5) is 0 Å². The fraction of sp³-hybridized carbons (Fsp3) is 0.850. The van der Waals surface area contributed by atoms with Crippen molar-refractivity contribution in [3.63, 3.8) is 0 Å². The van der Waals surface area contributed by atoms with Gasteiger partial charge in [-0.2, -0.15) is 0 Å². The first-order valence-electron chi connectivity index (χ1n) is 9.95. The number of rotatable bonds is 1. The van der Waals surface area contributed by atoms with Gasteiger partial charge < -0.3 is 24.1 Å². The highest BCUT2D eigenvalue weighted by Gasteiger charge is 3.00. The molecule has 6 nitrogen and oxygen atoms in total. The first-order chi connectivity index (χ1) is 12.3. The van der Waals surface area contributed by atoms with Gasteiger partial charge >= 0.3 is 5.97 Å². The highest BCUT2D eigenvalue weighted by molar-refractivity contribution is 5.92. The van der Waals surface area contributed by atoms with Gasteiger partial charge in [0.2, 0.25) is 0 Å². The normalized spacial score (nSPS) is 63.1. The number of hydrogen-bond acceptors (Lipinski definition) is 6. The van der Waals surface area contributed by atoms with E-state index in [1.54, 1.807) is 0 Å². The Bertz CT molecular complexity index is 819. The van der Waals surface area contributed by atoms with Crippen molar-refractivity contribution >= 4 is 5.97 Å². The smallest absolute Gasteiger partial charge is 0.334 e. The Balaban J connectivity index is 1.39. The number of hydrogen-bond donors (Lipinski definition) is 1. The van der Waals surface area contributed by atoms with E-state index < -0.39 is 22.9 Å². The molecule has 2 saturated carbocycles. The molecular weight excluding hydrogens is 336 g/mol. The molecule has 7 aliphatic rings. The van der Waals surface area contributed by atoms with E-state index in [1.807, 2.05) is 0 Å². The second-order valence-corrected chi connectivity index (χ2v) is 9.91.